The number of ether oxygens (including phenoxy) is 1. The normalized spacial score (nSPS) is 12.5. The van der Waals surface area contributed by atoms with Crippen molar-refractivity contribution in [2.24, 2.45) is 0 Å². The number of aryl methyl sites for hydroxylation is 1. The second-order valence-corrected chi connectivity index (χ2v) is 5.50. The van der Waals surface area contributed by atoms with E-state index in [1.807, 2.05) is 0 Å². The highest BCUT2D eigenvalue weighted by molar-refractivity contribution is 6.29. The molecule has 0 amide bonds. The van der Waals surface area contributed by atoms with Crippen LogP contribution in [0.25, 0.3) is 0 Å². The molecule has 0 atom stereocenters. The zero-order valence-corrected chi connectivity index (χ0v) is 13.1. The number of carbonyl (C=O) groups excluding carboxylic acids is 3. The fourth-order valence-corrected chi connectivity index (χ4v) is 2.82. The van der Waals surface area contributed by atoms with E-state index in [4.69, 9.17) is 9.15 Å². The van der Waals surface area contributed by atoms with Crippen molar-refractivity contribution >= 4 is 17.5 Å². The zero-order valence-electron chi connectivity index (χ0n) is 13.1. The van der Waals surface area contributed by atoms with Crippen LogP contribution in [0.2, 0.25) is 0 Å². The molecule has 0 spiro atoms. The molecule has 1 aromatic carbocycles. The summed E-state index contributed by atoms with van der Waals surface area (Å²) in [5, 5.41) is 0. The Morgan fingerprint density at radius 3 is 2.56 bits per heavy atom. The van der Waals surface area contributed by atoms with Gasteiger partial charge in [0.05, 0.1) is 11.1 Å². The lowest BCUT2D eigenvalue weighted by molar-refractivity contribution is 0.0729. The molecule has 4 rings (SSSR count). The summed E-state index contributed by atoms with van der Waals surface area (Å²) < 4.78 is 10.7. The van der Waals surface area contributed by atoms with Gasteiger partial charge < -0.3 is 9.15 Å². The zero-order chi connectivity index (χ0) is 17.6. The number of benzene rings is 1. The van der Waals surface area contributed by atoms with Crippen LogP contribution >= 0.6 is 0 Å². The largest absolute Gasteiger partial charge is 0.456 e. The van der Waals surface area contributed by atoms with Crippen molar-refractivity contribution in [2.75, 3.05) is 0 Å². The first kappa shape index (κ1) is 15.0. The Morgan fingerprint density at radius 1 is 1.04 bits per heavy atom. The molecule has 2 aromatic heterocycles. The first-order valence-electron chi connectivity index (χ1n) is 7.53. The van der Waals surface area contributed by atoms with Crippen molar-refractivity contribution in [1.82, 2.24) is 4.98 Å². The van der Waals surface area contributed by atoms with Gasteiger partial charge in [0, 0.05) is 6.20 Å². The summed E-state index contributed by atoms with van der Waals surface area (Å²) in [6.45, 7) is 1.51. The molecule has 1 aliphatic rings. The van der Waals surface area contributed by atoms with Gasteiger partial charge in [-0.1, -0.05) is 18.2 Å². The second-order valence-electron chi connectivity index (χ2n) is 5.50. The summed E-state index contributed by atoms with van der Waals surface area (Å²) in [6.07, 6.45) is 1.42. The molecule has 0 bridgehead atoms. The van der Waals surface area contributed by atoms with Crippen LogP contribution in [0.5, 0.6) is 5.75 Å². The van der Waals surface area contributed by atoms with E-state index in [-0.39, 0.29) is 33.9 Å². The van der Waals surface area contributed by atoms with Gasteiger partial charge in [-0.25, -0.2) is 4.79 Å². The molecule has 0 saturated heterocycles. The maximum absolute atomic E-state index is 12.8. The van der Waals surface area contributed by atoms with Gasteiger partial charge >= 0.3 is 5.97 Å². The third-order valence-electron chi connectivity index (χ3n) is 3.94. The second kappa shape index (κ2) is 5.52. The van der Waals surface area contributed by atoms with E-state index in [0.717, 1.165) is 0 Å². The molecule has 6 nitrogen and oxygen atoms in total. The molecule has 0 saturated carbocycles. The Bertz CT molecular complexity index is 1030. The number of fused-ring (bicyclic) bond motifs is 2. The number of rotatable bonds is 2. The van der Waals surface area contributed by atoms with Crippen LogP contribution < -0.4 is 4.74 Å². The first-order valence-corrected chi connectivity index (χ1v) is 7.53. The van der Waals surface area contributed by atoms with Crippen LogP contribution in [-0.2, 0) is 0 Å². The van der Waals surface area contributed by atoms with E-state index in [9.17, 15) is 14.4 Å². The van der Waals surface area contributed by atoms with Crippen molar-refractivity contribution in [2.45, 2.75) is 6.92 Å². The van der Waals surface area contributed by atoms with Crippen molar-refractivity contribution in [3.63, 3.8) is 0 Å². The molecular formula is C19H11NO5. The molecule has 25 heavy (non-hydrogen) atoms. The van der Waals surface area contributed by atoms with Crippen molar-refractivity contribution in [3.8, 4) is 5.75 Å². The van der Waals surface area contributed by atoms with Crippen molar-refractivity contribution in [1.29, 1.82) is 0 Å². The summed E-state index contributed by atoms with van der Waals surface area (Å²) in [7, 11) is 0. The first-order chi connectivity index (χ1) is 12.1. The third-order valence-corrected chi connectivity index (χ3v) is 3.94. The number of furan rings is 1. The van der Waals surface area contributed by atoms with Gasteiger partial charge in [0.15, 0.2) is 5.76 Å². The topological polar surface area (TPSA) is 86.5 Å². The lowest BCUT2D eigenvalue weighted by atomic mass is 9.90. The third kappa shape index (κ3) is 2.27. The van der Waals surface area contributed by atoms with Gasteiger partial charge in [0.25, 0.3) is 0 Å². The van der Waals surface area contributed by atoms with Crippen LogP contribution in [0.4, 0.5) is 0 Å². The van der Waals surface area contributed by atoms with E-state index in [2.05, 4.69) is 4.98 Å². The lowest BCUT2D eigenvalue weighted by Crippen LogP contribution is -2.23. The number of esters is 1. The summed E-state index contributed by atoms with van der Waals surface area (Å²) >= 11 is 0. The molecular weight excluding hydrogens is 322 g/mol. The molecule has 0 fully saturated rings. The van der Waals surface area contributed by atoms with Gasteiger partial charge in [-0.05, 0) is 31.2 Å². The number of aromatic nitrogens is 1. The molecule has 0 aliphatic heterocycles. The Hall–Kier alpha value is -3.54. The molecule has 0 N–H and O–H groups in total. The summed E-state index contributed by atoms with van der Waals surface area (Å²) in [4.78, 5) is 41.9. The van der Waals surface area contributed by atoms with Crippen LogP contribution in [0.3, 0.4) is 0 Å². The fraction of sp³-hybridized carbons (Fsp3) is 0.0526. The fourth-order valence-electron chi connectivity index (χ4n) is 2.82. The Labute approximate surface area is 142 Å². The number of nitrogens with zero attached hydrogens (tertiary/aromatic N) is 1. The smallest absolute Gasteiger partial charge is 0.347 e. The molecule has 122 valence electrons. The van der Waals surface area contributed by atoms with Gasteiger partial charge in [-0.3, -0.25) is 14.6 Å². The van der Waals surface area contributed by atoms with Gasteiger partial charge in [-0.15, -0.1) is 0 Å². The van der Waals surface area contributed by atoms with E-state index >= 15 is 0 Å². The molecule has 0 radical (unpaired) electrons. The minimum atomic E-state index is -0.755. The number of hydrogen-bond donors (Lipinski definition) is 0. The standard InChI is InChI=1S/C19H11NO5/c1-10-13(19(23)25-11-6-3-2-4-7-11)14-17(22)15-12(8-5-9-20-15)16(21)18(14)24-10/h2-9H,1H3. The SMILES string of the molecule is Cc1oc2c(c1C(=O)Oc1ccccc1)C(=O)c1ncccc1C2=O. The maximum Gasteiger partial charge on any atom is 0.347 e. The highest BCUT2D eigenvalue weighted by Crippen LogP contribution is 2.32. The van der Waals surface area contributed by atoms with Gasteiger partial charge in [-0.2, -0.15) is 0 Å². The van der Waals surface area contributed by atoms with E-state index < -0.39 is 17.5 Å². The predicted octanol–water partition coefficient (Wildman–Crippen LogP) is 2.98. The lowest BCUT2D eigenvalue weighted by Gasteiger charge is -2.12. The average molecular weight is 333 g/mol. The van der Waals surface area contributed by atoms with E-state index in [1.165, 1.54) is 19.2 Å². The molecule has 6 heteroatoms. The van der Waals surface area contributed by atoms with Crippen molar-refractivity contribution < 1.29 is 23.5 Å². The molecule has 2 heterocycles. The Balaban J connectivity index is 1.82. The molecule has 1 aliphatic carbocycles. The minimum Gasteiger partial charge on any atom is -0.456 e. The van der Waals surface area contributed by atoms with E-state index in [0.29, 0.717) is 5.75 Å². The Kier molecular flexibility index (Phi) is 3.32. The number of pyridine rings is 1. The average Bonchev–Trinajstić information content (AvgIpc) is 2.98. The molecule has 0 unspecified atom stereocenters. The van der Waals surface area contributed by atoms with Crippen LogP contribution in [0, 0.1) is 6.92 Å². The summed E-state index contributed by atoms with van der Waals surface area (Å²) in [5.74, 6) is -1.42. The number of ketones is 2. The summed E-state index contributed by atoms with van der Waals surface area (Å²) in [5.41, 5.74) is 0.0365. The van der Waals surface area contributed by atoms with Gasteiger partial charge in [0.1, 0.15) is 22.8 Å². The number of carbonyl (C=O) groups is 3. The predicted molar refractivity (Wildman–Crippen MR) is 85.9 cm³/mol. The quantitative estimate of drug-likeness (QED) is 0.414. The Morgan fingerprint density at radius 2 is 1.80 bits per heavy atom. The van der Waals surface area contributed by atoms with Crippen LogP contribution in [-0.4, -0.2) is 22.5 Å². The highest BCUT2D eigenvalue weighted by Gasteiger charge is 2.39. The van der Waals surface area contributed by atoms with Crippen molar-refractivity contribution in [3.05, 3.63) is 82.6 Å². The maximum atomic E-state index is 12.8. The number of para-hydroxylation sites is 1. The van der Waals surface area contributed by atoms with Gasteiger partial charge in [0.2, 0.25) is 11.6 Å². The monoisotopic (exact) mass is 333 g/mol. The minimum absolute atomic E-state index is 0.00885. The highest BCUT2D eigenvalue weighted by atomic mass is 16.5. The van der Waals surface area contributed by atoms with Crippen LogP contribution in [0.1, 0.15) is 48.3 Å². The van der Waals surface area contributed by atoms with Crippen LogP contribution in [0.15, 0.2) is 53.1 Å². The number of hydrogen-bond acceptors (Lipinski definition) is 6. The summed E-state index contributed by atoms with van der Waals surface area (Å²) in [6, 6.07) is 11.5. The molecule has 3 aromatic rings. The van der Waals surface area contributed by atoms with E-state index in [1.54, 1.807) is 36.4 Å².